The number of amides is 1. The van der Waals surface area contributed by atoms with Gasteiger partial charge in [0.1, 0.15) is 11.4 Å². The zero-order valence-electron chi connectivity index (χ0n) is 14.6. The van der Waals surface area contributed by atoms with Gasteiger partial charge in [-0.05, 0) is 44.1 Å². The smallest absolute Gasteiger partial charge is 0.252 e. The molecule has 4 rings (SSSR count). The van der Waals surface area contributed by atoms with Crippen LogP contribution in [0.15, 0.2) is 55.1 Å². The average Bonchev–Trinajstić information content (AvgIpc) is 3.36. The fourth-order valence-corrected chi connectivity index (χ4v) is 3.34. The Morgan fingerprint density at radius 3 is 2.63 bits per heavy atom. The highest BCUT2D eigenvalue weighted by molar-refractivity contribution is 5.97. The first-order valence-electron chi connectivity index (χ1n) is 8.40. The number of nitrogens with one attached hydrogen (secondary N) is 3. The average molecular weight is 409 g/mol. The Kier molecular flexibility index (Phi) is 7.01. The third-order valence-corrected chi connectivity index (χ3v) is 4.69. The number of imidazole rings is 1. The van der Waals surface area contributed by atoms with Crippen molar-refractivity contribution >= 4 is 36.4 Å². The normalized spacial score (nSPS) is 15.3. The Hall–Kier alpha value is -2.35. The minimum atomic E-state index is -0.657. The fourth-order valence-electron chi connectivity index (χ4n) is 3.34. The zero-order valence-corrected chi connectivity index (χ0v) is 16.2. The molecule has 0 spiro atoms. The predicted octanol–water partition coefficient (Wildman–Crippen LogP) is 2.83. The van der Waals surface area contributed by atoms with Crippen LogP contribution in [-0.4, -0.2) is 38.7 Å². The zero-order chi connectivity index (χ0) is 17.1. The van der Waals surface area contributed by atoms with Gasteiger partial charge in [0.2, 0.25) is 0 Å². The third kappa shape index (κ3) is 4.16. The van der Waals surface area contributed by atoms with Crippen LogP contribution in [0.3, 0.4) is 0 Å². The number of aromatic nitrogens is 4. The number of piperidine rings is 1. The molecule has 0 unspecified atom stereocenters. The van der Waals surface area contributed by atoms with Crippen molar-refractivity contribution in [2.24, 2.45) is 0 Å². The molecule has 3 heterocycles. The van der Waals surface area contributed by atoms with Crippen molar-refractivity contribution in [3.63, 3.8) is 0 Å². The maximum atomic E-state index is 13.2. The molecular formula is C18H22Cl2N6O. The van der Waals surface area contributed by atoms with Crippen LogP contribution in [-0.2, 0) is 10.3 Å². The van der Waals surface area contributed by atoms with Crippen molar-refractivity contribution in [1.29, 1.82) is 0 Å². The summed E-state index contributed by atoms with van der Waals surface area (Å²) in [6.45, 7) is 1.58. The van der Waals surface area contributed by atoms with Gasteiger partial charge in [-0.3, -0.25) is 9.48 Å². The van der Waals surface area contributed by atoms with Gasteiger partial charge in [0.25, 0.3) is 5.91 Å². The molecule has 3 aromatic rings. The highest BCUT2D eigenvalue weighted by Gasteiger charge is 2.42. The molecule has 1 aliphatic heterocycles. The van der Waals surface area contributed by atoms with Crippen molar-refractivity contribution in [2.75, 3.05) is 18.4 Å². The van der Waals surface area contributed by atoms with Crippen LogP contribution in [0.2, 0.25) is 0 Å². The monoisotopic (exact) mass is 408 g/mol. The summed E-state index contributed by atoms with van der Waals surface area (Å²) >= 11 is 0. The number of halogens is 2. The van der Waals surface area contributed by atoms with Crippen molar-refractivity contribution in [3.8, 4) is 11.4 Å². The molecule has 0 bridgehead atoms. The second-order valence-corrected chi connectivity index (χ2v) is 6.20. The van der Waals surface area contributed by atoms with E-state index in [0.717, 1.165) is 30.2 Å². The van der Waals surface area contributed by atoms with Gasteiger partial charge in [0.15, 0.2) is 0 Å². The Labute approximate surface area is 169 Å². The molecule has 27 heavy (non-hydrogen) atoms. The summed E-state index contributed by atoms with van der Waals surface area (Å²) in [4.78, 5) is 20.5. The molecule has 0 atom stereocenters. The van der Waals surface area contributed by atoms with E-state index in [-0.39, 0.29) is 30.7 Å². The van der Waals surface area contributed by atoms with Crippen LogP contribution < -0.4 is 10.6 Å². The van der Waals surface area contributed by atoms with E-state index in [1.54, 1.807) is 23.3 Å². The highest BCUT2D eigenvalue weighted by Crippen LogP contribution is 2.29. The standard InChI is InChI=1S/C18H20N6O.2ClH/c25-17(18(5-8-19-9-6-18)24-12-2-7-22-24)23-15-4-1-3-14(13-15)16-20-10-11-21-16;;/h1-4,7,10-13,19H,5-6,8-9H2,(H,20,21)(H,23,25);2*1H. The number of benzene rings is 1. The Bertz CT molecular complexity index is 845. The van der Waals surface area contributed by atoms with Crippen LogP contribution in [0.1, 0.15) is 12.8 Å². The summed E-state index contributed by atoms with van der Waals surface area (Å²) < 4.78 is 1.79. The van der Waals surface area contributed by atoms with Crippen LogP contribution in [0.4, 0.5) is 5.69 Å². The Morgan fingerprint density at radius 1 is 1.15 bits per heavy atom. The van der Waals surface area contributed by atoms with Crippen LogP contribution in [0.25, 0.3) is 11.4 Å². The first-order chi connectivity index (χ1) is 12.3. The van der Waals surface area contributed by atoms with Crippen LogP contribution >= 0.6 is 24.8 Å². The van der Waals surface area contributed by atoms with Crippen LogP contribution in [0.5, 0.6) is 0 Å². The third-order valence-electron chi connectivity index (χ3n) is 4.69. The molecule has 9 heteroatoms. The van der Waals surface area contributed by atoms with Crippen molar-refractivity contribution in [3.05, 3.63) is 55.1 Å². The summed E-state index contributed by atoms with van der Waals surface area (Å²) in [6.07, 6.45) is 8.49. The summed E-state index contributed by atoms with van der Waals surface area (Å²) in [6, 6.07) is 9.55. The number of rotatable bonds is 4. The number of H-pyrrole nitrogens is 1. The second-order valence-electron chi connectivity index (χ2n) is 6.20. The maximum Gasteiger partial charge on any atom is 0.252 e. The van der Waals surface area contributed by atoms with Gasteiger partial charge in [0, 0.05) is 36.0 Å². The lowest BCUT2D eigenvalue weighted by Gasteiger charge is -2.36. The molecule has 1 saturated heterocycles. The van der Waals surface area contributed by atoms with Crippen molar-refractivity contribution in [1.82, 2.24) is 25.1 Å². The van der Waals surface area contributed by atoms with E-state index in [4.69, 9.17) is 0 Å². The van der Waals surface area contributed by atoms with Gasteiger partial charge in [-0.1, -0.05) is 12.1 Å². The lowest BCUT2D eigenvalue weighted by Crippen LogP contribution is -2.52. The van der Waals surface area contributed by atoms with Gasteiger partial charge < -0.3 is 15.6 Å². The van der Waals surface area contributed by atoms with E-state index < -0.39 is 5.54 Å². The van der Waals surface area contributed by atoms with E-state index in [0.29, 0.717) is 12.8 Å². The molecule has 1 fully saturated rings. The molecule has 1 aromatic carbocycles. The van der Waals surface area contributed by atoms with Crippen molar-refractivity contribution < 1.29 is 4.79 Å². The summed E-state index contributed by atoms with van der Waals surface area (Å²) in [5, 5.41) is 10.7. The largest absolute Gasteiger partial charge is 0.345 e. The number of carbonyl (C=O) groups excluding carboxylic acids is 1. The molecule has 1 aliphatic rings. The second kappa shape index (κ2) is 9.03. The molecular weight excluding hydrogens is 387 g/mol. The van der Waals surface area contributed by atoms with Gasteiger partial charge >= 0.3 is 0 Å². The van der Waals surface area contributed by atoms with E-state index >= 15 is 0 Å². The number of carbonyl (C=O) groups is 1. The van der Waals surface area contributed by atoms with Gasteiger partial charge in [-0.15, -0.1) is 24.8 Å². The number of hydrogen-bond acceptors (Lipinski definition) is 4. The van der Waals surface area contributed by atoms with Gasteiger partial charge in [-0.2, -0.15) is 5.10 Å². The lowest BCUT2D eigenvalue weighted by molar-refractivity contribution is -0.126. The number of aromatic amines is 1. The molecule has 0 saturated carbocycles. The number of nitrogens with zero attached hydrogens (tertiary/aromatic N) is 3. The Morgan fingerprint density at radius 2 is 1.96 bits per heavy atom. The summed E-state index contributed by atoms with van der Waals surface area (Å²) in [5.41, 5.74) is 1.03. The SMILES string of the molecule is Cl.Cl.O=C(Nc1cccc(-c2ncc[nH]2)c1)C1(n2cccn2)CCNCC1. The molecule has 3 N–H and O–H groups in total. The number of anilines is 1. The van der Waals surface area contributed by atoms with E-state index in [2.05, 4.69) is 25.7 Å². The van der Waals surface area contributed by atoms with E-state index in [9.17, 15) is 4.79 Å². The van der Waals surface area contributed by atoms with Gasteiger partial charge in [-0.25, -0.2) is 4.98 Å². The Balaban J connectivity index is 0.00000131. The lowest BCUT2D eigenvalue weighted by atomic mass is 9.87. The van der Waals surface area contributed by atoms with E-state index in [1.807, 2.05) is 36.5 Å². The topological polar surface area (TPSA) is 87.6 Å². The quantitative estimate of drug-likeness (QED) is 0.619. The van der Waals surface area contributed by atoms with Crippen molar-refractivity contribution in [2.45, 2.75) is 18.4 Å². The molecule has 0 radical (unpaired) electrons. The number of hydrogen-bond donors (Lipinski definition) is 3. The summed E-state index contributed by atoms with van der Waals surface area (Å²) in [5.74, 6) is 0.744. The highest BCUT2D eigenvalue weighted by atomic mass is 35.5. The minimum Gasteiger partial charge on any atom is -0.345 e. The van der Waals surface area contributed by atoms with Gasteiger partial charge in [0.05, 0.1) is 0 Å². The maximum absolute atomic E-state index is 13.2. The predicted molar refractivity (Wildman–Crippen MR) is 109 cm³/mol. The molecule has 1 amide bonds. The van der Waals surface area contributed by atoms with E-state index in [1.165, 1.54) is 0 Å². The molecule has 2 aromatic heterocycles. The minimum absolute atomic E-state index is 0. The molecule has 7 nitrogen and oxygen atoms in total. The van der Waals surface area contributed by atoms with Crippen LogP contribution in [0, 0.1) is 0 Å². The molecule has 0 aliphatic carbocycles. The fraction of sp³-hybridized carbons (Fsp3) is 0.278. The molecule has 144 valence electrons. The first kappa shape index (κ1) is 21.0. The summed E-state index contributed by atoms with van der Waals surface area (Å²) in [7, 11) is 0. The first-order valence-corrected chi connectivity index (χ1v) is 8.40.